The standard InChI is InChI=1S/C10H17N/c1-4-5-6-10(7-8-11)9(2)3/h5-7H,2,4,8,11H2,1,3H3/b6-5-,10-7+. The molecule has 0 atom stereocenters. The van der Waals surface area contributed by atoms with Gasteiger partial charge in [0.15, 0.2) is 0 Å². The van der Waals surface area contributed by atoms with Gasteiger partial charge in [-0.1, -0.05) is 37.3 Å². The van der Waals surface area contributed by atoms with Crippen LogP contribution in [-0.2, 0) is 0 Å². The highest BCUT2D eigenvalue weighted by molar-refractivity contribution is 5.36. The van der Waals surface area contributed by atoms with Gasteiger partial charge < -0.3 is 5.73 Å². The van der Waals surface area contributed by atoms with Gasteiger partial charge in [0.1, 0.15) is 0 Å². The Balaban J connectivity index is 4.23. The number of hydrogen-bond acceptors (Lipinski definition) is 1. The van der Waals surface area contributed by atoms with E-state index in [-0.39, 0.29) is 0 Å². The van der Waals surface area contributed by atoms with Crippen LogP contribution >= 0.6 is 0 Å². The first-order valence-electron chi connectivity index (χ1n) is 3.95. The molecule has 62 valence electrons. The molecule has 0 aromatic rings. The van der Waals surface area contributed by atoms with Gasteiger partial charge >= 0.3 is 0 Å². The highest BCUT2D eigenvalue weighted by Gasteiger charge is 1.89. The molecular formula is C10H17N. The molecule has 0 aliphatic carbocycles. The van der Waals surface area contributed by atoms with Gasteiger partial charge in [0.25, 0.3) is 0 Å². The SMILES string of the molecule is C=C(C)C(/C=C\CC)=C/CN. The molecule has 0 aliphatic rings. The Morgan fingerprint density at radius 3 is 2.55 bits per heavy atom. The lowest BCUT2D eigenvalue weighted by Crippen LogP contribution is -1.95. The second-order valence-corrected chi connectivity index (χ2v) is 2.49. The molecule has 0 saturated carbocycles. The fraction of sp³-hybridized carbons (Fsp3) is 0.400. The van der Waals surface area contributed by atoms with E-state index in [4.69, 9.17) is 5.73 Å². The maximum Gasteiger partial charge on any atom is 0.0115 e. The predicted molar refractivity (Wildman–Crippen MR) is 51.4 cm³/mol. The van der Waals surface area contributed by atoms with Crippen molar-refractivity contribution in [2.45, 2.75) is 20.3 Å². The highest BCUT2D eigenvalue weighted by atomic mass is 14.5. The van der Waals surface area contributed by atoms with Gasteiger partial charge in [-0.3, -0.25) is 0 Å². The molecule has 0 aromatic heterocycles. The van der Waals surface area contributed by atoms with E-state index in [9.17, 15) is 0 Å². The summed E-state index contributed by atoms with van der Waals surface area (Å²) in [5, 5.41) is 0. The van der Waals surface area contributed by atoms with E-state index < -0.39 is 0 Å². The summed E-state index contributed by atoms with van der Waals surface area (Å²) in [7, 11) is 0. The van der Waals surface area contributed by atoms with Crippen molar-refractivity contribution in [1.82, 2.24) is 0 Å². The first-order valence-corrected chi connectivity index (χ1v) is 3.95. The monoisotopic (exact) mass is 151 g/mol. The van der Waals surface area contributed by atoms with E-state index in [1.807, 2.05) is 13.0 Å². The van der Waals surface area contributed by atoms with Crippen LogP contribution in [0.25, 0.3) is 0 Å². The average Bonchev–Trinajstić information content (AvgIpc) is 1.97. The first-order chi connectivity index (χ1) is 5.22. The molecule has 0 bridgehead atoms. The van der Waals surface area contributed by atoms with Crippen LogP contribution in [0, 0.1) is 0 Å². The molecule has 0 saturated heterocycles. The fourth-order valence-electron chi connectivity index (χ4n) is 0.756. The van der Waals surface area contributed by atoms with Crippen LogP contribution in [0.2, 0.25) is 0 Å². The predicted octanol–water partition coefficient (Wildman–Crippen LogP) is 2.41. The molecular weight excluding hydrogens is 134 g/mol. The third-order valence-electron chi connectivity index (χ3n) is 1.36. The van der Waals surface area contributed by atoms with Crippen molar-refractivity contribution in [3.63, 3.8) is 0 Å². The molecule has 1 nitrogen and oxygen atoms in total. The molecule has 2 N–H and O–H groups in total. The molecule has 11 heavy (non-hydrogen) atoms. The summed E-state index contributed by atoms with van der Waals surface area (Å²) in [4.78, 5) is 0. The van der Waals surface area contributed by atoms with Crippen LogP contribution in [0.15, 0.2) is 36.0 Å². The number of allylic oxidation sites excluding steroid dienone is 4. The Kier molecular flexibility index (Phi) is 5.49. The quantitative estimate of drug-likeness (QED) is 0.613. The Labute approximate surface area is 69.3 Å². The maximum atomic E-state index is 5.39. The number of hydrogen-bond donors (Lipinski definition) is 1. The van der Waals surface area contributed by atoms with Crippen molar-refractivity contribution in [3.05, 3.63) is 36.0 Å². The maximum absolute atomic E-state index is 5.39. The Hall–Kier alpha value is -0.820. The molecule has 0 aliphatic heterocycles. The minimum atomic E-state index is 0.580. The average molecular weight is 151 g/mol. The van der Waals surface area contributed by atoms with Gasteiger partial charge in [0.05, 0.1) is 0 Å². The zero-order valence-electron chi connectivity index (χ0n) is 7.43. The van der Waals surface area contributed by atoms with Crippen LogP contribution in [-0.4, -0.2) is 6.54 Å². The van der Waals surface area contributed by atoms with E-state index in [2.05, 4.69) is 25.7 Å². The Bertz CT molecular complexity index is 175. The van der Waals surface area contributed by atoms with Gasteiger partial charge in [-0.15, -0.1) is 0 Å². The van der Waals surface area contributed by atoms with E-state index in [1.165, 1.54) is 0 Å². The van der Waals surface area contributed by atoms with Gasteiger partial charge in [-0.2, -0.15) is 0 Å². The van der Waals surface area contributed by atoms with Gasteiger partial charge in [-0.05, 0) is 18.9 Å². The molecule has 0 aromatic carbocycles. The van der Waals surface area contributed by atoms with Crippen molar-refractivity contribution in [3.8, 4) is 0 Å². The lowest BCUT2D eigenvalue weighted by atomic mass is 10.1. The van der Waals surface area contributed by atoms with Crippen molar-refractivity contribution < 1.29 is 0 Å². The normalized spacial score (nSPS) is 12.5. The molecule has 0 rings (SSSR count). The smallest absolute Gasteiger partial charge is 0.0115 e. The third kappa shape index (κ3) is 4.57. The Morgan fingerprint density at radius 2 is 2.18 bits per heavy atom. The summed E-state index contributed by atoms with van der Waals surface area (Å²) in [5.41, 5.74) is 7.60. The van der Waals surface area contributed by atoms with E-state index in [0.29, 0.717) is 6.54 Å². The second-order valence-electron chi connectivity index (χ2n) is 2.49. The van der Waals surface area contributed by atoms with Gasteiger partial charge in [0.2, 0.25) is 0 Å². The first kappa shape index (κ1) is 10.2. The molecule has 0 amide bonds. The number of nitrogens with two attached hydrogens (primary N) is 1. The minimum absolute atomic E-state index is 0.580. The second kappa shape index (κ2) is 5.93. The van der Waals surface area contributed by atoms with Gasteiger partial charge in [-0.25, -0.2) is 0 Å². The molecule has 0 radical (unpaired) electrons. The molecule has 0 heterocycles. The van der Waals surface area contributed by atoms with Crippen LogP contribution in [0.4, 0.5) is 0 Å². The van der Waals surface area contributed by atoms with Crippen LogP contribution in [0.1, 0.15) is 20.3 Å². The van der Waals surface area contributed by atoms with Crippen LogP contribution < -0.4 is 5.73 Å². The summed E-state index contributed by atoms with van der Waals surface area (Å²) >= 11 is 0. The van der Waals surface area contributed by atoms with Crippen molar-refractivity contribution >= 4 is 0 Å². The van der Waals surface area contributed by atoms with Crippen molar-refractivity contribution in [2.24, 2.45) is 5.73 Å². The van der Waals surface area contributed by atoms with E-state index >= 15 is 0 Å². The number of rotatable bonds is 4. The highest BCUT2D eigenvalue weighted by Crippen LogP contribution is 2.07. The topological polar surface area (TPSA) is 26.0 Å². The summed E-state index contributed by atoms with van der Waals surface area (Å²) in [6.45, 7) is 8.53. The third-order valence-corrected chi connectivity index (χ3v) is 1.36. The minimum Gasteiger partial charge on any atom is -0.327 e. The summed E-state index contributed by atoms with van der Waals surface area (Å²) in [6, 6.07) is 0. The van der Waals surface area contributed by atoms with E-state index in [0.717, 1.165) is 17.6 Å². The van der Waals surface area contributed by atoms with Crippen LogP contribution in [0.3, 0.4) is 0 Å². The summed E-state index contributed by atoms with van der Waals surface area (Å²) in [5.74, 6) is 0. The molecule has 0 fully saturated rings. The zero-order valence-corrected chi connectivity index (χ0v) is 7.43. The molecule has 1 heteroatoms. The van der Waals surface area contributed by atoms with Gasteiger partial charge in [0, 0.05) is 6.54 Å². The van der Waals surface area contributed by atoms with Crippen molar-refractivity contribution in [1.29, 1.82) is 0 Å². The van der Waals surface area contributed by atoms with E-state index in [1.54, 1.807) is 0 Å². The van der Waals surface area contributed by atoms with Crippen molar-refractivity contribution in [2.75, 3.05) is 6.54 Å². The lowest BCUT2D eigenvalue weighted by Gasteiger charge is -1.98. The largest absolute Gasteiger partial charge is 0.327 e. The Morgan fingerprint density at radius 1 is 1.55 bits per heavy atom. The van der Waals surface area contributed by atoms with Crippen LogP contribution in [0.5, 0.6) is 0 Å². The molecule has 0 spiro atoms. The zero-order chi connectivity index (χ0) is 8.69. The molecule has 0 unspecified atom stereocenters. The summed E-state index contributed by atoms with van der Waals surface area (Å²) < 4.78 is 0. The lowest BCUT2D eigenvalue weighted by molar-refractivity contribution is 1.20. The summed E-state index contributed by atoms with van der Waals surface area (Å²) in [6.07, 6.45) is 7.20. The fourth-order valence-corrected chi connectivity index (χ4v) is 0.756.